The fourth-order valence-corrected chi connectivity index (χ4v) is 4.01. The number of nitrogens with zero attached hydrogens (tertiary/aromatic N) is 3. The zero-order valence-corrected chi connectivity index (χ0v) is 13.1. The van der Waals surface area contributed by atoms with Crippen molar-refractivity contribution in [1.29, 1.82) is 0 Å². The quantitative estimate of drug-likeness (QED) is 0.808. The number of nitrogens with one attached hydrogen (secondary N) is 1. The average molecular weight is 314 g/mol. The Bertz CT molecular complexity index is 745. The van der Waals surface area contributed by atoms with Crippen molar-refractivity contribution >= 4 is 27.5 Å². The third-order valence-electron chi connectivity index (χ3n) is 4.30. The van der Waals surface area contributed by atoms with Crippen LogP contribution in [0.5, 0.6) is 0 Å². The van der Waals surface area contributed by atoms with Crippen molar-refractivity contribution in [1.82, 2.24) is 19.4 Å². The molecular weight excluding hydrogens is 296 g/mol. The Hall–Kier alpha value is -2.08. The van der Waals surface area contributed by atoms with Gasteiger partial charge in [0.1, 0.15) is 5.69 Å². The van der Waals surface area contributed by atoms with Crippen molar-refractivity contribution in [3.63, 3.8) is 0 Å². The van der Waals surface area contributed by atoms with E-state index in [0.29, 0.717) is 11.6 Å². The van der Waals surface area contributed by atoms with E-state index in [1.807, 2.05) is 34.9 Å². The summed E-state index contributed by atoms with van der Waals surface area (Å²) in [5.74, 6) is 0.627. The molecular formula is C16H18N4OS. The molecule has 1 atom stereocenters. The minimum atomic E-state index is 0.124. The van der Waals surface area contributed by atoms with Crippen LogP contribution in [0.2, 0.25) is 0 Å². The van der Waals surface area contributed by atoms with Crippen molar-refractivity contribution in [2.75, 3.05) is 13.1 Å². The van der Waals surface area contributed by atoms with Gasteiger partial charge in [0.25, 0.3) is 5.91 Å². The van der Waals surface area contributed by atoms with Gasteiger partial charge in [0.15, 0.2) is 0 Å². The molecule has 0 spiro atoms. The van der Waals surface area contributed by atoms with Crippen LogP contribution >= 0.6 is 11.3 Å². The van der Waals surface area contributed by atoms with E-state index in [1.54, 1.807) is 17.5 Å². The van der Waals surface area contributed by atoms with Crippen LogP contribution in [-0.4, -0.2) is 38.4 Å². The third kappa shape index (κ3) is 2.54. The molecule has 1 fully saturated rings. The predicted molar refractivity (Wildman–Crippen MR) is 87.0 cm³/mol. The number of amides is 1. The monoisotopic (exact) mass is 314 g/mol. The van der Waals surface area contributed by atoms with Gasteiger partial charge in [-0.3, -0.25) is 4.79 Å². The van der Waals surface area contributed by atoms with Gasteiger partial charge >= 0.3 is 0 Å². The van der Waals surface area contributed by atoms with Gasteiger partial charge in [-0.15, -0.1) is 11.3 Å². The van der Waals surface area contributed by atoms with Crippen LogP contribution in [-0.2, 0) is 6.54 Å². The molecule has 1 N–H and O–H groups in total. The van der Waals surface area contributed by atoms with Gasteiger partial charge < -0.3 is 14.5 Å². The molecule has 0 aromatic carbocycles. The zero-order valence-electron chi connectivity index (χ0n) is 12.2. The SMILES string of the molecule is O=C(c1cc2sccc2[nH]1)N1CCCC(Cn2ccnc2)C1. The van der Waals surface area contributed by atoms with Crippen molar-refractivity contribution in [2.45, 2.75) is 19.4 Å². The summed E-state index contributed by atoms with van der Waals surface area (Å²) in [5.41, 5.74) is 1.77. The van der Waals surface area contributed by atoms with Gasteiger partial charge in [-0.25, -0.2) is 4.98 Å². The minimum absolute atomic E-state index is 0.124. The van der Waals surface area contributed by atoms with Crippen LogP contribution in [0.25, 0.3) is 10.2 Å². The molecule has 6 heteroatoms. The molecule has 0 saturated carbocycles. The number of H-pyrrole nitrogens is 1. The van der Waals surface area contributed by atoms with Crippen molar-refractivity contribution in [3.8, 4) is 0 Å². The Balaban J connectivity index is 1.47. The average Bonchev–Trinajstić information content (AvgIpc) is 3.23. The topological polar surface area (TPSA) is 53.9 Å². The second-order valence-electron chi connectivity index (χ2n) is 5.90. The van der Waals surface area contributed by atoms with Crippen LogP contribution in [0.1, 0.15) is 23.3 Å². The number of hydrogen-bond donors (Lipinski definition) is 1. The summed E-state index contributed by atoms with van der Waals surface area (Å²) in [4.78, 5) is 22.0. The molecule has 0 radical (unpaired) electrons. The Labute approximate surface area is 132 Å². The lowest BCUT2D eigenvalue weighted by Gasteiger charge is -2.32. The lowest BCUT2D eigenvalue weighted by Crippen LogP contribution is -2.41. The number of carbonyl (C=O) groups excluding carboxylic acids is 1. The first-order valence-corrected chi connectivity index (χ1v) is 8.49. The molecule has 4 rings (SSSR count). The van der Waals surface area contributed by atoms with E-state index >= 15 is 0 Å². The maximum Gasteiger partial charge on any atom is 0.270 e. The van der Waals surface area contributed by atoms with Gasteiger partial charge in [-0.2, -0.15) is 0 Å². The van der Waals surface area contributed by atoms with Crippen LogP contribution in [0.15, 0.2) is 36.2 Å². The molecule has 1 unspecified atom stereocenters. The first kappa shape index (κ1) is 13.6. The zero-order chi connectivity index (χ0) is 14.9. The van der Waals surface area contributed by atoms with E-state index < -0.39 is 0 Å². The molecule has 1 aliphatic rings. The standard InChI is InChI=1S/C16H18N4OS/c21-16(14-8-15-13(18-14)3-7-22-15)20-5-1-2-12(10-20)9-19-6-4-17-11-19/h3-4,6-8,11-12,18H,1-2,5,9-10H2. The summed E-state index contributed by atoms with van der Waals surface area (Å²) < 4.78 is 3.25. The van der Waals surface area contributed by atoms with Gasteiger partial charge in [0, 0.05) is 32.0 Å². The maximum absolute atomic E-state index is 12.7. The molecule has 1 amide bonds. The Morgan fingerprint density at radius 1 is 1.50 bits per heavy atom. The van der Waals surface area contributed by atoms with Crippen LogP contribution < -0.4 is 0 Å². The highest BCUT2D eigenvalue weighted by atomic mass is 32.1. The summed E-state index contributed by atoms with van der Waals surface area (Å²) in [6, 6.07) is 4.00. The first-order valence-electron chi connectivity index (χ1n) is 7.61. The fourth-order valence-electron chi connectivity index (χ4n) is 3.23. The molecule has 1 saturated heterocycles. The van der Waals surface area contributed by atoms with E-state index in [-0.39, 0.29) is 5.91 Å². The minimum Gasteiger partial charge on any atom is -0.350 e. The molecule has 4 heterocycles. The first-order chi connectivity index (χ1) is 10.8. The lowest BCUT2D eigenvalue weighted by atomic mass is 9.97. The molecule has 114 valence electrons. The van der Waals surface area contributed by atoms with Crippen LogP contribution in [0.4, 0.5) is 0 Å². The van der Waals surface area contributed by atoms with E-state index in [2.05, 4.69) is 14.5 Å². The molecule has 0 bridgehead atoms. The summed E-state index contributed by atoms with van der Waals surface area (Å²) in [5, 5.41) is 2.04. The number of fused-ring (bicyclic) bond motifs is 1. The van der Waals surface area contributed by atoms with Crippen LogP contribution in [0.3, 0.4) is 0 Å². The summed E-state index contributed by atoms with van der Waals surface area (Å²) in [7, 11) is 0. The highest BCUT2D eigenvalue weighted by Gasteiger charge is 2.25. The molecule has 22 heavy (non-hydrogen) atoms. The highest BCUT2D eigenvalue weighted by Crippen LogP contribution is 2.24. The Kier molecular flexibility index (Phi) is 3.46. The summed E-state index contributed by atoms with van der Waals surface area (Å²) in [6.07, 6.45) is 7.87. The van der Waals surface area contributed by atoms with E-state index in [4.69, 9.17) is 0 Å². The number of hydrogen-bond acceptors (Lipinski definition) is 3. The number of likely N-dealkylation sites (tertiary alicyclic amines) is 1. The number of rotatable bonds is 3. The summed E-state index contributed by atoms with van der Waals surface area (Å²) in [6.45, 7) is 2.61. The molecule has 0 aliphatic carbocycles. The molecule has 3 aromatic rings. The van der Waals surface area contributed by atoms with Gasteiger partial charge in [-0.1, -0.05) is 0 Å². The second kappa shape index (κ2) is 5.61. The molecule has 5 nitrogen and oxygen atoms in total. The second-order valence-corrected chi connectivity index (χ2v) is 6.85. The Morgan fingerprint density at radius 3 is 3.27 bits per heavy atom. The third-order valence-corrected chi connectivity index (χ3v) is 5.17. The number of aromatic nitrogens is 3. The predicted octanol–water partition coefficient (Wildman–Crippen LogP) is 2.98. The van der Waals surface area contributed by atoms with Gasteiger partial charge in [0.2, 0.25) is 0 Å². The largest absolute Gasteiger partial charge is 0.350 e. The number of piperidine rings is 1. The van der Waals surface area contributed by atoms with E-state index in [1.165, 1.54) is 6.42 Å². The fraction of sp³-hybridized carbons (Fsp3) is 0.375. The van der Waals surface area contributed by atoms with Crippen LogP contribution in [0, 0.1) is 5.92 Å². The van der Waals surface area contributed by atoms with E-state index in [0.717, 1.165) is 36.3 Å². The van der Waals surface area contributed by atoms with Crippen molar-refractivity contribution in [3.05, 3.63) is 41.9 Å². The normalized spacial score (nSPS) is 18.9. The molecule has 3 aromatic heterocycles. The lowest BCUT2D eigenvalue weighted by molar-refractivity contribution is 0.0657. The number of thiophene rings is 1. The van der Waals surface area contributed by atoms with Gasteiger partial charge in [-0.05, 0) is 36.3 Å². The number of carbonyl (C=O) groups is 1. The maximum atomic E-state index is 12.7. The van der Waals surface area contributed by atoms with Gasteiger partial charge in [0.05, 0.1) is 16.5 Å². The number of imidazole rings is 1. The van der Waals surface area contributed by atoms with Crippen molar-refractivity contribution < 1.29 is 4.79 Å². The smallest absolute Gasteiger partial charge is 0.270 e. The molecule has 1 aliphatic heterocycles. The van der Waals surface area contributed by atoms with E-state index in [9.17, 15) is 4.79 Å². The van der Waals surface area contributed by atoms with Crippen molar-refractivity contribution in [2.24, 2.45) is 5.92 Å². The highest BCUT2D eigenvalue weighted by molar-refractivity contribution is 7.17. The number of aromatic amines is 1. The summed E-state index contributed by atoms with van der Waals surface area (Å²) >= 11 is 1.66. The Morgan fingerprint density at radius 2 is 2.45 bits per heavy atom.